The van der Waals surface area contributed by atoms with Crippen LogP contribution in [0.3, 0.4) is 0 Å². The van der Waals surface area contributed by atoms with Crippen LogP contribution in [0.1, 0.15) is 47.4 Å². The Morgan fingerprint density at radius 2 is 1.68 bits per heavy atom. The van der Waals surface area contributed by atoms with Crippen LogP contribution in [0.25, 0.3) is 0 Å². The summed E-state index contributed by atoms with van der Waals surface area (Å²) in [5.74, 6) is -2.87. The van der Waals surface area contributed by atoms with E-state index in [1.165, 1.54) is 0 Å². The number of hydrogen-bond donors (Lipinski definition) is 2. The van der Waals surface area contributed by atoms with Gasteiger partial charge in [-0.1, -0.05) is 26.0 Å². The highest BCUT2D eigenvalue weighted by molar-refractivity contribution is 6.22. The molecule has 2 N–H and O–H groups in total. The maximum Gasteiger partial charge on any atom is 0.311 e. The smallest absolute Gasteiger partial charge is 0.311 e. The van der Waals surface area contributed by atoms with Gasteiger partial charge in [0, 0.05) is 19.8 Å². The van der Waals surface area contributed by atoms with Crippen molar-refractivity contribution in [2.75, 3.05) is 19.8 Å². The SMILES string of the molecule is CC(C)C(C(=O)NCC1(C(=O)O)CCOCC1)N1C(=O)c2ccccc2C1=O. The van der Waals surface area contributed by atoms with Crippen molar-refractivity contribution in [1.29, 1.82) is 0 Å². The van der Waals surface area contributed by atoms with Crippen molar-refractivity contribution in [1.82, 2.24) is 10.2 Å². The standard InChI is InChI=1S/C20H24N2O6/c1-12(2)15(22-17(24)13-5-3-4-6-14(13)18(22)25)16(23)21-11-20(19(26)27)7-9-28-10-8-20/h3-6,12,15H,7-11H2,1-2H3,(H,21,23)(H,26,27). The van der Waals surface area contributed by atoms with E-state index < -0.39 is 35.1 Å². The van der Waals surface area contributed by atoms with Crippen LogP contribution in [0, 0.1) is 11.3 Å². The number of imide groups is 1. The second kappa shape index (κ2) is 7.71. The Kier molecular flexibility index (Phi) is 5.51. The summed E-state index contributed by atoms with van der Waals surface area (Å²) in [7, 11) is 0. The summed E-state index contributed by atoms with van der Waals surface area (Å²) in [6, 6.07) is 5.44. The fourth-order valence-electron chi connectivity index (χ4n) is 3.77. The van der Waals surface area contributed by atoms with Gasteiger partial charge >= 0.3 is 5.97 Å². The van der Waals surface area contributed by atoms with Crippen LogP contribution >= 0.6 is 0 Å². The summed E-state index contributed by atoms with van der Waals surface area (Å²) in [5, 5.41) is 12.3. The molecule has 1 aromatic rings. The quantitative estimate of drug-likeness (QED) is 0.711. The molecule has 3 rings (SSSR count). The van der Waals surface area contributed by atoms with Crippen molar-refractivity contribution in [2.24, 2.45) is 11.3 Å². The normalized spacial score (nSPS) is 19.5. The molecule has 0 spiro atoms. The Hall–Kier alpha value is -2.74. The van der Waals surface area contributed by atoms with Gasteiger partial charge in [0.1, 0.15) is 6.04 Å². The minimum absolute atomic E-state index is 0.0725. The summed E-state index contributed by atoms with van der Waals surface area (Å²) in [4.78, 5) is 51.2. The van der Waals surface area contributed by atoms with Gasteiger partial charge in [0.25, 0.3) is 11.8 Å². The third-order valence-corrected chi connectivity index (χ3v) is 5.51. The summed E-state index contributed by atoms with van der Waals surface area (Å²) in [6.45, 7) is 4.05. The molecule has 2 heterocycles. The number of carboxylic acids is 1. The Bertz CT molecular complexity index is 778. The molecule has 8 heteroatoms. The molecule has 0 aromatic heterocycles. The van der Waals surface area contributed by atoms with Gasteiger partial charge in [-0.2, -0.15) is 0 Å². The number of rotatable bonds is 6. The average molecular weight is 388 g/mol. The van der Waals surface area contributed by atoms with E-state index in [-0.39, 0.29) is 23.6 Å². The molecule has 3 amide bonds. The minimum Gasteiger partial charge on any atom is -0.481 e. The molecule has 2 aliphatic rings. The van der Waals surface area contributed by atoms with Crippen LogP contribution in [-0.2, 0) is 14.3 Å². The van der Waals surface area contributed by atoms with Gasteiger partial charge in [0.2, 0.25) is 5.91 Å². The third-order valence-electron chi connectivity index (χ3n) is 5.51. The van der Waals surface area contributed by atoms with Crippen LogP contribution in [0.2, 0.25) is 0 Å². The number of ether oxygens (including phenoxy) is 1. The number of nitrogens with one attached hydrogen (secondary N) is 1. The van der Waals surface area contributed by atoms with E-state index in [1.807, 2.05) is 0 Å². The van der Waals surface area contributed by atoms with E-state index in [1.54, 1.807) is 38.1 Å². The number of carbonyl (C=O) groups is 4. The molecule has 0 saturated carbocycles. The van der Waals surface area contributed by atoms with Crippen LogP contribution in [0.4, 0.5) is 0 Å². The number of nitrogens with zero attached hydrogens (tertiary/aromatic N) is 1. The first kappa shape index (κ1) is 20.0. The van der Waals surface area contributed by atoms with Crippen molar-refractivity contribution in [3.63, 3.8) is 0 Å². The first-order valence-corrected chi connectivity index (χ1v) is 9.34. The molecule has 150 valence electrons. The van der Waals surface area contributed by atoms with Crippen LogP contribution in [0.15, 0.2) is 24.3 Å². The molecule has 1 atom stereocenters. The topological polar surface area (TPSA) is 113 Å². The lowest BCUT2D eigenvalue weighted by molar-refractivity contribution is -0.154. The molecule has 0 radical (unpaired) electrons. The fourth-order valence-corrected chi connectivity index (χ4v) is 3.77. The molecule has 1 fully saturated rings. The maximum atomic E-state index is 12.9. The minimum atomic E-state index is -1.10. The number of aliphatic carboxylic acids is 1. The Morgan fingerprint density at radius 3 is 2.14 bits per heavy atom. The summed E-state index contributed by atoms with van der Waals surface area (Å²) in [6.07, 6.45) is 0.587. The predicted molar refractivity (Wildman–Crippen MR) is 98.7 cm³/mol. The van der Waals surface area contributed by atoms with Crippen LogP contribution in [-0.4, -0.2) is 59.5 Å². The van der Waals surface area contributed by atoms with Crippen molar-refractivity contribution in [2.45, 2.75) is 32.7 Å². The maximum absolute atomic E-state index is 12.9. The summed E-state index contributed by atoms with van der Waals surface area (Å²) < 4.78 is 5.24. The fraction of sp³-hybridized carbons (Fsp3) is 0.500. The largest absolute Gasteiger partial charge is 0.481 e. The van der Waals surface area contributed by atoms with Gasteiger partial charge in [0.05, 0.1) is 16.5 Å². The molecule has 0 aliphatic carbocycles. The number of carbonyl (C=O) groups excluding carboxylic acids is 3. The number of hydrogen-bond acceptors (Lipinski definition) is 5. The lowest BCUT2D eigenvalue weighted by atomic mass is 9.80. The van der Waals surface area contributed by atoms with Gasteiger partial charge in [-0.25, -0.2) is 0 Å². The van der Waals surface area contributed by atoms with E-state index in [4.69, 9.17) is 4.74 Å². The van der Waals surface area contributed by atoms with E-state index >= 15 is 0 Å². The van der Waals surface area contributed by atoms with Gasteiger partial charge in [-0.3, -0.25) is 24.1 Å². The Morgan fingerprint density at radius 1 is 1.14 bits per heavy atom. The summed E-state index contributed by atoms with van der Waals surface area (Å²) in [5.41, 5.74) is -0.549. The lowest BCUT2D eigenvalue weighted by Crippen LogP contribution is -2.55. The molecule has 1 aromatic carbocycles. The van der Waals surface area contributed by atoms with E-state index in [2.05, 4.69) is 5.32 Å². The Balaban J connectivity index is 1.79. The molecule has 1 unspecified atom stereocenters. The molecular formula is C20H24N2O6. The molecule has 0 bridgehead atoms. The van der Waals surface area contributed by atoms with Crippen LogP contribution in [0.5, 0.6) is 0 Å². The molecule has 1 saturated heterocycles. The molecule has 8 nitrogen and oxygen atoms in total. The molecule has 2 aliphatic heterocycles. The third kappa shape index (κ3) is 3.40. The zero-order valence-corrected chi connectivity index (χ0v) is 15.9. The van der Waals surface area contributed by atoms with Crippen molar-refractivity contribution >= 4 is 23.7 Å². The molecule has 28 heavy (non-hydrogen) atoms. The van der Waals surface area contributed by atoms with Crippen molar-refractivity contribution in [3.8, 4) is 0 Å². The lowest BCUT2D eigenvalue weighted by Gasteiger charge is -2.34. The zero-order valence-electron chi connectivity index (χ0n) is 15.9. The summed E-state index contributed by atoms with van der Waals surface area (Å²) >= 11 is 0. The van der Waals surface area contributed by atoms with Crippen LogP contribution < -0.4 is 5.32 Å². The number of benzene rings is 1. The number of carboxylic acid groups (broad SMARTS) is 1. The predicted octanol–water partition coefficient (Wildman–Crippen LogP) is 1.30. The van der Waals surface area contributed by atoms with Gasteiger partial charge in [0.15, 0.2) is 0 Å². The Labute approximate surface area is 162 Å². The average Bonchev–Trinajstić information content (AvgIpc) is 2.92. The second-order valence-corrected chi connectivity index (χ2v) is 7.63. The van der Waals surface area contributed by atoms with Gasteiger partial charge in [-0.05, 0) is 30.9 Å². The monoisotopic (exact) mass is 388 g/mol. The zero-order chi connectivity index (χ0) is 20.5. The number of fused-ring (bicyclic) bond motifs is 1. The first-order chi connectivity index (χ1) is 13.3. The highest BCUT2D eigenvalue weighted by atomic mass is 16.5. The second-order valence-electron chi connectivity index (χ2n) is 7.63. The highest BCUT2D eigenvalue weighted by Gasteiger charge is 2.45. The first-order valence-electron chi connectivity index (χ1n) is 9.34. The van der Waals surface area contributed by atoms with Gasteiger partial charge < -0.3 is 15.2 Å². The van der Waals surface area contributed by atoms with Gasteiger partial charge in [-0.15, -0.1) is 0 Å². The molecular weight excluding hydrogens is 364 g/mol. The highest BCUT2D eigenvalue weighted by Crippen LogP contribution is 2.31. The van der Waals surface area contributed by atoms with E-state index in [0.29, 0.717) is 26.1 Å². The van der Waals surface area contributed by atoms with Crippen molar-refractivity contribution < 1.29 is 29.0 Å². The van der Waals surface area contributed by atoms with E-state index in [9.17, 15) is 24.3 Å². The number of amides is 3. The van der Waals surface area contributed by atoms with E-state index in [0.717, 1.165) is 4.90 Å². The van der Waals surface area contributed by atoms with Crippen molar-refractivity contribution in [3.05, 3.63) is 35.4 Å².